The summed E-state index contributed by atoms with van der Waals surface area (Å²) in [5.74, 6) is -1.39. The summed E-state index contributed by atoms with van der Waals surface area (Å²) in [5, 5.41) is 19.0. The van der Waals surface area contributed by atoms with E-state index in [4.69, 9.17) is 5.11 Å². The second kappa shape index (κ2) is 6.65. The van der Waals surface area contributed by atoms with E-state index in [0.717, 1.165) is 5.56 Å². The highest BCUT2D eigenvalue weighted by atomic mass is 16.4. The molecule has 1 aromatic heterocycles. The molecule has 0 aliphatic carbocycles. The molecule has 0 saturated carbocycles. The van der Waals surface area contributed by atoms with Crippen molar-refractivity contribution in [3.05, 3.63) is 47.3 Å². The monoisotopic (exact) mass is 288 g/mol. The second-order valence-electron chi connectivity index (χ2n) is 4.51. The number of aromatic carboxylic acids is 1. The molecule has 0 unspecified atom stereocenters. The van der Waals surface area contributed by atoms with Crippen LogP contribution in [0.4, 0.5) is 0 Å². The number of nitrogens with one attached hydrogen (secondary N) is 1. The largest absolute Gasteiger partial charge is 0.476 e. The fourth-order valence-corrected chi connectivity index (χ4v) is 2.00. The zero-order chi connectivity index (χ0) is 15.2. The molecule has 2 aromatic rings. The quantitative estimate of drug-likeness (QED) is 0.807. The van der Waals surface area contributed by atoms with Gasteiger partial charge in [-0.05, 0) is 18.4 Å². The maximum atomic E-state index is 11.4. The standard InChI is InChI=1S/C14H16N4O3/c1-15-12(19)9-18-11(13(14(20)21)16-17-18)8-7-10-5-3-2-4-6-10/h2-6H,7-9H2,1H3,(H,15,19)(H,20,21). The molecule has 7 heteroatoms. The first-order chi connectivity index (χ1) is 10.1. The van der Waals surface area contributed by atoms with E-state index in [9.17, 15) is 9.59 Å². The van der Waals surface area contributed by atoms with E-state index in [2.05, 4.69) is 15.6 Å². The third-order valence-corrected chi connectivity index (χ3v) is 3.11. The Bertz CT molecular complexity index is 637. The van der Waals surface area contributed by atoms with Gasteiger partial charge in [-0.25, -0.2) is 9.48 Å². The van der Waals surface area contributed by atoms with Crippen molar-refractivity contribution in [3.63, 3.8) is 0 Å². The van der Waals surface area contributed by atoms with E-state index in [1.165, 1.54) is 11.7 Å². The van der Waals surface area contributed by atoms with Gasteiger partial charge in [0.05, 0.1) is 5.69 Å². The van der Waals surface area contributed by atoms with Crippen molar-refractivity contribution in [2.75, 3.05) is 7.05 Å². The highest BCUT2D eigenvalue weighted by Gasteiger charge is 2.19. The Kier molecular flexibility index (Phi) is 4.65. The van der Waals surface area contributed by atoms with Gasteiger partial charge in [0.25, 0.3) is 0 Å². The molecule has 110 valence electrons. The molecule has 0 atom stereocenters. The van der Waals surface area contributed by atoms with Crippen LogP contribution in [0.2, 0.25) is 0 Å². The summed E-state index contributed by atoms with van der Waals surface area (Å²) in [6.07, 6.45) is 1.11. The Hall–Kier alpha value is -2.70. The van der Waals surface area contributed by atoms with E-state index in [1.54, 1.807) is 0 Å². The molecule has 0 fully saturated rings. The van der Waals surface area contributed by atoms with Gasteiger partial charge in [-0.2, -0.15) is 0 Å². The van der Waals surface area contributed by atoms with Crippen LogP contribution < -0.4 is 5.32 Å². The third-order valence-electron chi connectivity index (χ3n) is 3.11. The van der Waals surface area contributed by atoms with Crippen LogP contribution in [0.25, 0.3) is 0 Å². The summed E-state index contributed by atoms with van der Waals surface area (Å²) < 4.78 is 1.34. The number of likely N-dealkylation sites (N-methyl/N-ethyl adjacent to an activating group) is 1. The van der Waals surface area contributed by atoms with E-state index in [0.29, 0.717) is 18.5 Å². The number of carboxylic acids is 1. The van der Waals surface area contributed by atoms with E-state index >= 15 is 0 Å². The normalized spacial score (nSPS) is 10.3. The summed E-state index contributed by atoms with van der Waals surface area (Å²) in [6, 6.07) is 9.70. The molecule has 0 aliphatic heterocycles. The molecular weight excluding hydrogens is 272 g/mol. The molecule has 1 heterocycles. The Morgan fingerprint density at radius 2 is 1.95 bits per heavy atom. The number of benzene rings is 1. The number of hydrogen-bond donors (Lipinski definition) is 2. The Morgan fingerprint density at radius 3 is 2.57 bits per heavy atom. The van der Waals surface area contributed by atoms with Crippen molar-refractivity contribution in [2.24, 2.45) is 0 Å². The van der Waals surface area contributed by atoms with Gasteiger partial charge >= 0.3 is 5.97 Å². The number of carbonyl (C=O) groups excluding carboxylic acids is 1. The first-order valence-electron chi connectivity index (χ1n) is 6.52. The van der Waals surface area contributed by atoms with Crippen LogP contribution in [0.3, 0.4) is 0 Å². The first-order valence-corrected chi connectivity index (χ1v) is 6.52. The lowest BCUT2D eigenvalue weighted by atomic mass is 10.1. The van der Waals surface area contributed by atoms with Crippen molar-refractivity contribution in [2.45, 2.75) is 19.4 Å². The van der Waals surface area contributed by atoms with Crippen LogP contribution >= 0.6 is 0 Å². The Balaban J connectivity index is 2.20. The third kappa shape index (κ3) is 3.65. The van der Waals surface area contributed by atoms with Crippen molar-refractivity contribution in [1.29, 1.82) is 0 Å². The fourth-order valence-electron chi connectivity index (χ4n) is 2.00. The van der Waals surface area contributed by atoms with Crippen LogP contribution in [0, 0.1) is 0 Å². The molecule has 21 heavy (non-hydrogen) atoms. The highest BCUT2D eigenvalue weighted by Crippen LogP contribution is 2.11. The van der Waals surface area contributed by atoms with Crippen LogP contribution in [0.1, 0.15) is 21.7 Å². The van der Waals surface area contributed by atoms with Gasteiger partial charge in [0.2, 0.25) is 5.91 Å². The average Bonchev–Trinajstić information content (AvgIpc) is 2.89. The molecular formula is C14H16N4O3. The number of aryl methyl sites for hydroxylation is 1. The predicted molar refractivity (Wildman–Crippen MR) is 74.9 cm³/mol. The Labute approximate surface area is 121 Å². The molecule has 0 radical (unpaired) electrons. The number of rotatable bonds is 6. The Morgan fingerprint density at radius 1 is 1.24 bits per heavy atom. The van der Waals surface area contributed by atoms with Gasteiger partial charge in [0, 0.05) is 7.05 Å². The maximum Gasteiger partial charge on any atom is 0.358 e. The number of carbonyl (C=O) groups is 2. The molecule has 7 nitrogen and oxygen atoms in total. The number of amides is 1. The lowest BCUT2D eigenvalue weighted by Gasteiger charge is -2.06. The van der Waals surface area contributed by atoms with Crippen LogP contribution in [0.15, 0.2) is 30.3 Å². The summed E-state index contributed by atoms with van der Waals surface area (Å²) in [5.41, 5.74) is 1.44. The molecule has 2 N–H and O–H groups in total. The van der Waals surface area contributed by atoms with Crippen molar-refractivity contribution in [3.8, 4) is 0 Å². The maximum absolute atomic E-state index is 11.4. The number of carboxylic acid groups (broad SMARTS) is 1. The van der Waals surface area contributed by atoms with E-state index in [-0.39, 0.29) is 18.1 Å². The number of aromatic nitrogens is 3. The van der Waals surface area contributed by atoms with Crippen LogP contribution in [0.5, 0.6) is 0 Å². The van der Waals surface area contributed by atoms with Gasteiger partial charge < -0.3 is 10.4 Å². The van der Waals surface area contributed by atoms with Gasteiger partial charge in [0.15, 0.2) is 5.69 Å². The SMILES string of the molecule is CNC(=O)Cn1nnc(C(=O)O)c1CCc1ccccc1. The summed E-state index contributed by atoms with van der Waals surface area (Å²) in [7, 11) is 1.51. The van der Waals surface area contributed by atoms with Crippen LogP contribution in [-0.4, -0.2) is 39.0 Å². The summed E-state index contributed by atoms with van der Waals surface area (Å²) >= 11 is 0. The summed E-state index contributed by atoms with van der Waals surface area (Å²) in [4.78, 5) is 22.6. The highest BCUT2D eigenvalue weighted by molar-refractivity contribution is 5.86. The van der Waals surface area contributed by atoms with E-state index in [1.807, 2.05) is 30.3 Å². The lowest BCUT2D eigenvalue weighted by Crippen LogP contribution is -2.25. The smallest absolute Gasteiger partial charge is 0.358 e. The molecule has 1 aromatic carbocycles. The van der Waals surface area contributed by atoms with Gasteiger partial charge in [-0.1, -0.05) is 35.5 Å². The fraction of sp³-hybridized carbons (Fsp3) is 0.286. The molecule has 0 saturated heterocycles. The number of hydrogen-bond acceptors (Lipinski definition) is 4. The van der Waals surface area contributed by atoms with Crippen LogP contribution in [-0.2, 0) is 24.2 Å². The van der Waals surface area contributed by atoms with Gasteiger partial charge in [-0.15, -0.1) is 5.10 Å². The van der Waals surface area contributed by atoms with Crippen molar-refractivity contribution < 1.29 is 14.7 Å². The van der Waals surface area contributed by atoms with Crippen molar-refractivity contribution >= 4 is 11.9 Å². The van der Waals surface area contributed by atoms with E-state index < -0.39 is 5.97 Å². The predicted octanol–water partition coefficient (Wildman–Crippen LogP) is 0.508. The minimum atomic E-state index is -1.14. The minimum Gasteiger partial charge on any atom is -0.476 e. The lowest BCUT2D eigenvalue weighted by molar-refractivity contribution is -0.121. The molecule has 0 aliphatic rings. The topological polar surface area (TPSA) is 97.1 Å². The molecule has 0 spiro atoms. The first kappa shape index (κ1) is 14.7. The molecule has 1 amide bonds. The summed E-state index contributed by atoms with van der Waals surface area (Å²) in [6.45, 7) is -0.0408. The molecule has 2 rings (SSSR count). The van der Waals surface area contributed by atoms with Gasteiger partial charge in [0.1, 0.15) is 6.54 Å². The zero-order valence-corrected chi connectivity index (χ0v) is 11.6. The van der Waals surface area contributed by atoms with Crippen molar-refractivity contribution in [1.82, 2.24) is 20.3 Å². The molecule has 0 bridgehead atoms. The minimum absolute atomic E-state index is 0.0408. The zero-order valence-electron chi connectivity index (χ0n) is 11.6. The number of nitrogens with zero attached hydrogens (tertiary/aromatic N) is 3. The second-order valence-corrected chi connectivity index (χ2v) is 4.51. The van der Waals surface area contributed by atoms with Gasteiger partial charge in [-0.3, -0.25) is 4.79 Å². The average molecular weight is 288 g/mol.